The van der Waals surface area contributed by atoms with E-state index in [-0.39, 0.29) is 58.5 Å². The molecule has 0 unspecified atom stereocenters. The number of rotatable bonds is 1. The molecule has 6 fully saturated rings. The van der Waals surface area contributed by atoms with Crippen LogP contribution in [-0.4, -0.2) is 31.1 Å². The summed E-state index contributed by atoms with van der Waals surface area (Å²) >= 11 is 0. The second-order valence-electron chi connectivity index (χ2n) is 7.72. The van der Waals surface area contributed by atoms with Gasteiger partial charge in [-0.1, -0.05) is 20.8 Å². The van der Waals surface area contributed by atoms with E-state index in [0.717, 1.165) is 12.8 Å². The Morgan fingerprint density at radius 1 is 1.30 bits per heavy atom. The van der Waals surface area contributed by atoms with Crippen molar-refractivity contribution in [1.29, 1.82) is 0 Å². The molecule has 1 aliphatic heterocycles. The Hall–Kier alpha value is -0.900. The Bertz CT molecular complexity index is 511. The standard InChI is InChI=1S/C16H22O4/c1-7-8(19-4)5-6-16-10-9(11(7)17)12(16)15(2,3)13(10)20-14(16)18/h7-10,12-13H,5-6H2,1-4H3/t7-,8-,9+,10+,12-,13+,16+/m1/s1. The smallest absolute Gasteiger partial charge is 0.313 e. The van der Waals surface area contributed by atoms with Crippen molar-refractivity contribution in [3.63, 3.8) is 0 Å². The molecule has 20 heavy (non-hydrogen) atoms. The molecule has 5 bridgehead atoms. The van der Waals surface area contributed by atoms with Crippen molar-refractivity contribution in [2.75, 3.05) is 7.11 Å². The highest BCUT2D eigenvalue weighted by Gasteiger charge is 2.86. The van der Waals surface area contributed by atoms with Crippen LogP contribution in [-0.2, 0) is 19.1 Å². The van der Waals surface area contributed by atoms with E-state index in [1.807, 2.05) is 6.92 Å². The summed E-state index contributed by atoms with van der Waals surface area (Å²) in [5.41, 5.74) is -0.441. The van der Waals surface area contributed by atoms with Gasteiger partial charge in [-0.25, -0.2) is 0 Å². The molecule has 110 valence electrons. The van der Waals surface area contributed by atoms with Gasteiger partial charge in [0.2, 0.25) is 0 Å². The van der Waals surface area contributed by atoms with Crippen LogP contribution >= 0.6 is 0 Å². The molecule has 0 N–H and O–H groups in total. The minimum absolute atomic E-state index is 0.00870. The number of carbonyl (C=O) groups is 2. The summed E-state index contributed by atoms with van der Waals surface area (Å²) in [6.07, 6.45) is 1.48. The Morgan fingerprint density at radius 3 is 2.60 bits per heavy atom. The van der Waals surface area contributed by atoms with Crippen LogP contribution in [0, 0.1) is 34.5 Å². The zero-order valence-corrected chi connectivity index (χ0v) is 12.5. The fraction of sp³-hybridized carbons (Fsp3) is 0.875. The maximum Gasteiger partial charge on any atom is 0.313 e. The van der Waals surface area contributed by atoms with Gasteiger partial charge in [0.25, 0.3) is 0 Å². The lowest BCUT2D eigenvalue weighted by Crippen LogP contribution is -2.62. The van der Waals surface area contributed by atoms with Crippen LogP contribution in [0.1, 0.15) is 33.6 Å². The van der Waals surface area contributed by atoms with Gasteiger partial charge in [0, 0.05) is 30.3 Å². The lowest BCUT2D eigenvalue weighted by molar-refractivity contribution is -0.187. The summed E-state index contributed by atoms with van der Waals surface area (Å²) in [6.45, 7) is 6.30. The Labute approximate surface area is 119 Å². The predicted octanol–water partition coefficient (Wildman–Crippen LogP) is 1.81. The van der Waals surface area contributed by atoms with Gasteiger partial charge in [-0.3, -0.25) is 9.59 Å². The van der Waals surface area contributed by atoms with E-state index in [9.17, 15) is 9.59 Å². The highest BCUT2D eigenvalue weighted by atomic mass is 16.6. The van der Waals surface area contributed by atoms with Crippen LogP contribution in [0.15, 0.2) is 0 Å². The largest absolute Gasteiger partial charge is 0.461 e. The SMILES string of the molecule is CO[C@@H]1CC[C@]23C(=O)O[C@H]4[C@@H]2[C@@H](C(=O)[C@@H]1C)[C@@H]3C4(C)C. The minimum Gasteiger partial charge on any atom is -0.461 e. The van der Waals surface area contributed by atoms with Gasteiger partial charge < -0.3 is 9.47 Å². The number of esters is 1. The molecule has 0 aromatic heterocycles. The molecular weight excluding hydrogens is 256 g/mol. The van der Waals surface area contributed by atoms with Crippen molar-refractivity contribution in [3.8, 4) is 0 Å². The Kier molecular flexibility index (Phi) is 2.22. The number of fused-ring (bicyclic) bond motifs is 4. The second kappa shape index (κ2) is 3.46. The molecule has 1 saturated heterocycles. The van der Waals surface area contributed by atoms with Crippen LogP contribution in [0.25, 0.3) is 0 Å². The number of ether oxygens (including phenoxy) is 2. The third-order valence-electron chi connectivity index (χ3n) is 6.85. The molecule has 0 radical (unpaired) electrons. The molecule has 7 atom stereocenters. The van der Waals surface area contributed by atoms with E-state index in [4.69, 9.17) is 9.47 Å². The third kappa shape index (κ3) is 1.05. The summed E-state index contributed by atoms with van der Waals surface area (Å²) in [5, 5.41) is 0. The van der Waals surface area contributed by atoms with Crippen LogP contribution in [0.4, 0.5) is 0 Å². The topological polar surface area (TPSA) is 52.6 Å². The number of hydrogen-bond acceptors (Lipinski definition) is 4. The average molecular weight is 278 g/mol. The van der Waals surface area contributed by atoms with Gasteiger partial charge in [-0.2, -0.15) is 0 Å². The van der Waals surface area contributed by atoms with E-state index < -0.39 is 0 Å². The molecule has 0 aromatic rings. The molecule has 5 saturated carbocycles. The third-order valence-corrected chi connectivity index (χ3v) is 6.85. The van der Waals surface area contributed by atoms with Crippen molar-refractivity contribution in [2.45, 2.75) is 45.8 Å². The zero-order chi connectivity index (χ0) is 14.4. The second-order valence-corrected chi connectivity index (χ2v) is 7.72. The van der Waals surface area contributed by atoms with Crippen LogP contribution in [0.2, 0.25) is 0 Å². The summed E-state index contributed by atoms with van der Waals surface area (Å²) in [7, 11) is 1.66. The predicted molar refractivity (Wildman–Crippen MR) is 70.8 cm³/mol. The lowest BCUT2D eigenvalue weighted by atomic mass is 9.45. The molecule has 6 rings (SSSR count). The summed E-state index contributed by atoms with van der Waals surface area (Å²) < 4.78 is 11.2. The first-order valence-corrected chi connectivity index (χ1v) is 7.65. The highest BCUT2D eigenvalue weighted by molar-refractivity contribution is 5.94. The first-order valence-electron chi connectivity index (χ1n) is 7.65. The van der Waals surface area contributed by atoms with Gasteiger partial charge in [-0.15, -0.1) is 0 Å². The summed E-state index contributed by atoms with van der Waals surface area (Å²) in [4.78, 5) is 25.2. The normalized spacial score (nSPS) is 55.0. The molecule has 4 nitrogen and oxygen atoms in total. The maximum atomic E-state index is 12.8. The van der Waals surface area contributed by atoms with Crippen LogP contribution in [0.5, 0.6) is 0 Å². The van der Waals surface area contributed by atoms with Crippen molar-refractivity contribution < 1.29 is 19.1 Å². The van der Waals surface area contributed by atoms with Gasteiger partial charge in [0.05, 0.1) is 11.5 Å². The van der Waals surface area contributed by atoms with E-state index in [0.29, 0.717) is 0 Å². The molecule has 4 heteroatoms. The molecule has 1 spiro atoms. The fourth-order valence-electron chi connectivity index (χ4n) is 6.08. The van der Waals surface area contributed by atoms with E-state index in [1.165, 1.54) is 0 Å². The van der Waals surface area contributed by atoms with Gasteiger partial charge >= 0.3 is 5.97 Å². The van der Waals surface area contributed by atoms with Crippen LogP contribution < -0.4 is 0 Å². The van der Waals surface area contributed by atoms with E-state index in [1.54, 1.807) is 7.11 Å². The van der Waals surface area contributed by atoms with E-state index in [2.05, 4.69) is 13.8 Å². The van der Waals surface area contributed by atoms with Crippen molar-refractivity contribution in [3.05, 3.63) is 0 Å². The number of hydrogen-bond donors (Lipinski definition) is 0. The molecule has 0 aromatic carbocycles. The van der Waals surface area contributed by atoms with Crippen molar-refractivity contribution in [1.82, 2.24) is 0 Å². The number of methoxy groups -OCH3 is 1. The maximum absolute atomic E-state index is 12.8. The summed E-state index contributed by atoms with van der Waals surface area (Å²) in [6, 6.07) is 0. The van der Waals surface area contributed by atoms with Crippen molar-refractivity contribution >= 4 is 11.8 Å². The van der Waals surface area contributed by atoms with Gasteiger partial charge in [0.15, 0.2) is 0 Å². The quantitative estimate of drug-likeness (QED) is 0.686. The van der Waals surface area contributed by atoms with Gasteiger partial charge in [-0.05, 0) is 18.8 Å². The Balaban J connectivity index is 1.80. The number of carbonyl (C=O) groups excluding carboxylic acids is 2. The number of Topliss-reactive ketones (excluding diaryl/α,β-unsaturated/α-hetero) is 1. The summed E-state index contributed by atoms with van der Waals surface area (Å²) in [5.74, 6) is 0.480. The fourth-order valence-corrected chi connectivity index (χ4v) is 6.08. The first-order chi connectivity index (χ1) is 9.37. The zero-order valence-electron chi connectivity index (χ0n) is 12.5. The first kappa shape index (κ1) is 12.8. The minimum atomic E-state index is -0.384. The molecule has 6 aliphatic rings. The molecular formula is C16H22O4. The van der Waals surface area contributed by atoms with Gasteiger partial charge in [0.1, 0.15) is 11.9 Å². The number of ketones is 1. The van der Waals surface area contributed by atoms with Crippen LogP contribution in [0.3, 0.4) is 0 Å². The van der Waals surface area contributed by atoms with Crippen molar-refractivity contribution in [2.24, 2.45) is 34.5 Å². The average Bonchev–Trinajstić information content (AvgIpc) is 2.80. The van der Waals surface area contributed by atoms with E-state index >= 15 is 0 Å². The Morgan fingerprint density at radius 2 is 2.00 bits per heavy atom. The molecule has 5 aliphatic carbocycles. The highest BCUT2D eigenvalue weighted by Crippen LogP contribution is 2.79. The molecule has 0 amide bonds. The monoisotopic (exact) mass is 278 g/mol. The molecule has 1 heterocycles. The lowest BCUT2D eigenvalue weighted by Gasteiger charge is -2.55.